The van der Waals surface area contributed by atoms with Crippen LogP contribution in [0, 0.1) is 0 Å². The maximum Gasteiger partial charge on any atom is 0.416 e. The standard InChI is InChI=1S/C13H13F3N4O2S/c14-13(15,16)10-1-3-12(4-2-10)23(21,22)19-7-5-11(9-19)20-8-6-17-18-20/h1-4,6,8,11H,5,7,9H2. The van der Waals surface area contributed by atoms with E-state index in [1.165, 1.54) is 10.5 Å². The van der Waals surface area contributed by atoms with Crippen molar-refractivity contribution in [3.63, 3.8) is 0 Å². The molecule has 0 bridgehead atoms. The maximum atomic E-state index is 12.5. The molecule has 0 radical (unpaired) electrons. The summed E-state index contributed by atoms with van der Waals surface area (Å²) in [4.78, 5) is -0.148. The molecule has 2 heterocycles. The summed E-state index contributed by atoms with van der Waals surface area (Å²) in [5.41, 5.74) is -0.877. The Bertz CT molecular complexity index is 773. The number of hydrogen-bond acceptors (Lipinski definition) is 4. The normalized spacial score (nSPS) is 20.0. The van der Waals surface area contributed by atoms with Gasteiger partial charge in [-0.2, -0.15) is 17.5 Å². The van der Waals surface area contributed by atoms with Crippen LogP contribution in [0.25, 0.3) is 0 Å². The molecule has 1 aromatic heterocycles. The quantitative estimate of drug-likeness (QED) is 0.852. The molecule has 1 fully saturated rings. The first-order valence-corrected chi connectivity index (χ1v) is 8.26. The van der Waals surface area contributed by atoms with Crippen LogP contribution < -0.4 is 0 Å². The molecule has 1 aromatic carbocycles. The Hall–Kier alpha value is -1.94. The van der Waals surface area contributed by atoms with Gasteiger partial charge in [0.05, 0.1) is 22.7 Å². The molecule has 0 N–H and O–H groups in total. The minimum Gasteiger partial charge on any atom is -0.248 e. The highest BCUT2D eigenvalue weighted by atomic mass is 32.2. The number of benzene rings is 1. The Labute approximate surface area is 130 Å². The molecular formula is C13H13F3N4O2S. The van der Waals surface area contributed by atoms with Gasteiger partial charge in [-0.25, -0.2) is 13.1 Å². The summed E-state index contributed by atoms with van der Waals surface area (Å²) in [6.45, 7) is 0.501. The highest BCUT2D eigenvalue weighted by Gasteiger charge is 2.35. The highest BCUT2D eigenvalue weighted by molar-refractivity contribution is 7.89. The molecule has 1 unspecified atom stereocenters. The van der Waals surface area contributed by atoms with E-state index < -0.39 is 21.8 Å². The van der Waals surface area contributed by atoms with Crippen molar-refractivity contribution >= 4 is 10.0 Å². The molecule has 0 saturated carbocycles. The van der Waals surface area contributed by atoms with E-state index in [1.54, 1.807) is 10.9 Å². The zero-order valence-electron chi connectivity index (χ0n) is 11.8. The number of sulfonamides is 1. The van der Waals surface area contributed by atoms with E-state index in [0.717, 1.165) is 24.3 Å². The van der Waals surface area contributed by atoms with Crippen LogP contribution in [0.5, 0.6) is 0 Å². The molecule has 1 aliphatic heterocycles. The van der Waals surface area contributed by atoms with Gasteiger partial charge < -0.3 is 0 Å². The third kappa shape index (κ3) is 3.08. The molecule has 1 saturated heterocycles. The first kappa shape index (κ1) is 15.9. The number of halogens is 3. The smallest absolute Gasteiger partial charge is 0.248 e. The summed E-state index contributed by atoms with van der Waals surface area (Å²) in [6, 6.07) is 3.40. The van der Waals surface area contributed by atoms with Crippen molar-refractivity contribution in [1.29, 1.82) is 0 Å². The third-order valence-electron chi connectivity index (χ3n) is 3.76. The van der Waals surface area contributed by atoms with Crippen LogP contribution >= 0.6 is 0 Å². The zero-order valence-corrected chi connectivity index (χ0v) is 12.6. The molecule has 10 heteroatoms. The fraction of sp³-hybridized carbons (Fsp3) is 0.385. The van der Waals surface area contributed by atoms with E-state index in [9.17, 15) is 21.6 Å². The van der Waals surface area contributed by atoms with Crippen molar-refractivity contribution in [3.05, 3.63) is 42.2 Å². The maximum absolute atomic E-state index is 12.5. The summed E-state index contributed by atoms with van der Waals surface area (Å²) in [5.74, 6) is 0. The summed E-state index contributed by atoms with van der Waals surface area (Å²) < 4.78 is 65.5. The zero-order chi connectivity index (χ0) is 16.7. The summed E-state index contributed by atoms with van der Waals surface area (Å²) in [6.07, 6.45) is -0.761. The highest BCUT2D eigenvalue weighted by Crippen LogP contribution is 2.31. The van der Waals surface area contributed by atoms with Gasteiger partial charge >= 0.3 is 6.18 Å². The topological polar surface area (TPSA) is 68.1 Å². The van der Waals surface area contributed by atoms with Crippen LogP contribution in [0.1, 0.15) is 18.0 Å². The van der Waals surface area contributed by atoms with Gasteiger partial charge in [-0.3, -0.25) is 0 Å². The number of nitrogens with zero attached hydrogens (tertiary/aromatic N) is 4. The second kappa shape index (κ2) is 5.60. The van der Waals surface area contributed by atoms with E-state index in [0.29, 0.717) is 6.42 Å². The van der Waals surface area contributed by atoms with Crippen molar-refractivity contribution in [2.24, 2.45) is 0 Å². The van der Waals surface area contributed by atoms with Gasteiger partial charge in [0.1, 0.15) is 0 Å². The number of alkyl halides is 3. The van der Waals surface area contributed by atoms with E-state index >= 15 is 0 Å². The van der Waals surface area contributed by atoms with Crippen LogP contribution in [0.2, 0.25) is 0 Å². The van der Waals surface area contributed by atoms with Crippen LogP contribution in [-0.4, -0.2) is 40.8 Å². The van der Waals surface area contributed by atoms with Gasteiger partial charge in [0.15, 0.2) is 0 Å². The lowest BCUT2D eigenvalue weighted by atomic mass is 10.2. The molecular weight excluding hydrogens is 333 g/mol. The van der Waals surface area contributed by atoms with Gasteiger partial charge in [0.2, 0.25) is 10.0 Å². The predicted octanol–water partition coefficient (Wildman–Crippen LogP) is 1.93. The predicted molar refractivity (Wildman–Crippen MR) is 73.9 cm³/mol. The molecule has 0 spiro atoms. The first-order valence-electron chi connectivity index (χ1n) is 6.82. The monoisotopic (exact) mass is 346 g/mol. The largest absolute Gasteiger partial charge is 0.416 e. The molecule has 124 valence electrons. The van der Waals surface area contributed by atoms with Gasteiger partial charge in [-0.05, 0) is 30.7 Å². The summed E-state index contributed by atoms with van der Waals surface area (Å²) >= 11 is 0. The van der Waals surface area contributed by atoms with Crippen molar-refractivity contribution in [2.45, 2.75) is 23.5 Å². The minimum absolute atomic E-state index is 0.123. The second-order valence-corrected chi connectivity index (χ2v) is 7.15. The van der Waals surface area contributed by atoms with Gasteiger partial charge in [-0.15, -0.1) is 5.10 Å². The lowest BCUT2D eigenvalue weighted by Crippen LogP contribution is -2.29. The van der Waals surface area contributed by atoms with Crippen molar-refractivity contribution in [3.8, 4) is 0 Å². The van der Waals surface area contributed by atoms with E-state index in [4.69, 9.17) is 0 Å². The minimum atomic E-state index is -4.49. The van der Waals surface area contributed by atoms with Crippen molar-refractivity contribution in [1.82, 2.24) is 19.3 Å². The molecule has 23 heavy (non-hydrogen) atoms. The van der Waals surface area contributed by atoms with Crippen molar-refractivity contribution < 1.29 is 21.6 Å². The van der Waals surface area contributed by atoms with Crippen molar-refractivity contribution in [2.75, 3.05) is 13.1 Å². The fourth-order valence-corrected chi connectivity index (χ4v) is 4.01. The van der Waals surface area contributed by atoms with Gasteiger partial charge in [-0.1, -0.05) is 5.21 Å². The molecule has 0 aliphatic carbocycles. The Kier molecular flexibility index (Phi) is 3.88. The van der Waals surface area contributed by atoms with Gasteiger partial charge in [0, 0.05) is 19.3 Å². The third-order valence-corrected chi connectivity index (χ3v) is 5.64. The molecule has 0 amide bonds. The van der Waals surface area contributed by atoms with E-state index in [-0.39, 0.29) is 24.0 Å². The lowest BCUT2D eigenvalue weighted by Gasteiger charge is -2.17. The van der Waals surface area contributed by atoms with Crippen LogP contribution in [0.15, 0.2) is 41.6 Å². The SMILES string of the molecule is O=S(=O)(c1ccc(C(F)(F)F)cc1)N1CCC(n2ccnn2)C1. The van der Waals surface area contributed by atoms with Crippen LogP contribution in [-0.2, 0) is 16.2 Å². The summed E-state index contributed by atoms with van der Waals surface area (Å²) in [7, 11) is -3.82. The Morgan fingerprint density at radius 2 is 1.87 bits per heavy atom. The summed E-state index contributed by atoms with van der Waals surface area (Å²) in [5, 5.41) is 7.53. The van der Waals surface area contributed by atoms with Crippen LogP contribution in [0.4, 0.5) is 13.2 Å². The Balaban J connectivity index is 1.79. The number of rotatable bonds is 3. The fourth-order valence-electron chi connectivity index (χ4n) is 2.52. The first-order chi connectivity index (χ1) is 10.8. The average molecular weight is 346 g/mol. The number of hydrogen-bond donors (Lipinski definition) is 0. The molecule has 3 rings (SSSR count). The molecule has 2 aromatic rings. The average Bonchev–Trinajstić information content (AvgIpc) is 3.17. The molecule has 6 nitrogen and oxygen atoms in total. The van der Waals surface area contributed by atoms with Gasteiger partial charge in [0.25, 0.3) is 0 Å². The van der Waals surface area contributed by atoms with E-state index in [2.05, 4.69) is 10.3 Å². The second-order valence-electron chi connectivity index (χ2n) is 5.21. The molecule has 1 atom stereocenters. The molecule has 1 aliphatic rings. The lowest BCUT2D eigenvalue weighted by molar-refractivity contribution is -0.137. The van der Waals surface area contributed by atoms with E-state index in [1.807, 2.05) is 0 Å². The Morgan fingerprint density at radius 3 is 2.43 bits per heavy atom. The van der Waals surface area contributed by atoms with Crippen LogP contribution in [0.3, 0.4) is 0 Å². The Morgan fingerprint density at radius 1 is 1.17 bits per heavy atom. The number of aromatic nitrogens is 3.